The lowest BCUT2D eigenvalue weighted by Crippen LogP contribution is -2.16. The maximum atomic E-state index is 13.3. The third-order valence-electron chi connectivity index (χ3n) is 1.78. The standard InChI is InChI=1S/C9H10BrFN2O2/c1-15-7(14)4-13-6-3-2-5(10)8(11)9(6)12/h2-3,13H,4,12H2,1H3. The molecule has 1 aromatic rings. The number of nitrogens with one attached hydrogen (secondary N) is 1. The smallest absolute Gasteiger partial charge is 0.325 e. The van der Waals surface area contributed by atoms with E-state index >= 15 is 0 Å². The van der Waals surface area contributed by atoms with Crippen LogP contribution in [0.25, 0.3) is 0 Å². The van der Waals surface area contributed by atoms with Crippen LogP contribution in [0.3, 0.4) is 0 Å². The molecule has 1 rings (SSSR count). The number of anilines is 2. The van der Waals surface area contributed by atoms with Crippen LogP contribution in [0.1, 0.15) is 0 Å². The summed E-state index contributed by atoms with van der Waals surface area (Å²) in [4.78, 5) is 10.8. The zero-order valence-corrected chi connectivity index (χ0v) is 9.60. The minimum atomic E-state index is -0.551. The molecule has 0 spiro atoms. The second kappa shape index (κ2) is 4.97. The first-order chi connectivity index (χ1) is 7.06. The van der Waals surface area contributed by atoms with E-state index in [2.05, 4.69) is 26.0 Å². The third-order valence-corrected chi connectivity index (χ3v) is 2.40. The van der Waals surface area contributed by atoms with Gasteiger partial charge in [0, 0.05) is 0 Å². The number of methoxy groups -OCH3 is 1. The van der Waals surface area contributed by atoms with Crippen molar-refractivity contribution in [2.75, 3.05) is 24.7 Å². The van der Waals surface area contributed by atoms with E-state index in [-0.39, 0.29) is 16.7 Å². The van der Waals surface area contributed by atoms with Crippen molar-refractivity contribution in [2.45, 2.75) is 0 Å². The molecule has 0 aliphatic rings. The topological polar surface area (TPSA) is 64.3 Å². The van der Waals surface area contributed by atoms with Gasteiger partial charge in [0.05, 0.1) is 23.0 Å². The van der Waals surface area contributed by atoms with Gasteiger partial charge in [0.25, 0.3) is 0 Å². The van der Waals surface area contributed by atoms with Crippen molar-refractivity contribution < 1.29 is 13.9 Å². The summed E-state index contributed by atoms with van der Waals surface area (Å²) in [6.45, 7) is -0.0538. The molecule has 0 radical (unpaired) electrons. The Bertz CT molecular complexity index is 385. The number of carbonyl (C=O) groups is 1. The Kier molecular flexibility index (Phi) is 3.90. The molecule has 15 heavy (non-hydrogen) atoms. The molecular weight excluding hydrogens is 267 g/mol. The molecule has 0 bridgehead atoms. The van der Waals surface area contributed by atoms with Crippen LogP contribution in [0.2, 0.25) is 0 Å². The highest BCUT2D eigenvalue weighted by Gasteiger charge is 2.09. The first-order valence-corrected chi connectivity index (χ1v) is 4.89. The Morgan fingerprint density at radius 2 is 2.33 bits per heavy atom. The van der Waals surface area contributed by atoms with Crippen LogP contribution in [0.4, 0.5) is 15.8 Å². The van der Waals surface area contributed by atoms with E-state index < -0.39 is 11.8 Å². The van der Waals surface area contributed by atoms with E-state index in [1.54, 1.807) is 6.07 Å². The summed E-state index contributed by atoms with van der Waals surface area (Å²) in [6.07, 6.45) is 0. The zero-order valence-electron chi connectivity index (χ0n) is 8.01. The summed E-state index contributed by atoms with van der Waals surface area (Å²) in [7, 11) is 1.27. The minimum absolute atomic E-state index is 0.0340. The van der Waals surface area contributed by atoms with Crippen LogP contribution in [-0.4, -0.2) is 19.6 Å². The molecule has 0 unspecified atom stereocenters. The number of carbonyl (C=O) groups excluding carboxylic acids is 1. The van der Waals surface area contributed by atoms with Gasteiger partial charge < -0.3 is 15.8 Å². The van der Waals surface area contributed by atoms with Gasteiger partial charge in [-0.05, 0) is 28.1 Å². The third kappa shape index (κ3) is 2.82. The molecule has 4 nitrogen and oxygen atoms in total. The predicted octanol–water partition coefficient (Wildman–Crippen LogP) is 1.76. The van der Waals surface area contributed by atoms with Crippen LogP contribution in [0.15, 0.2) is 16.6 Å². The summed E-state index contributed by atoms with van der Waals surface area (Å²) < 4.78 is 18.0. The van der Waals surface area contributed by atoms with Crippen LogP contribution in [-0.2, 0) is 9.53 Å². The molecule has 0 fully saturated rings. The van der Waals surface area contributed by atoms with Crippen LogP contribution in [0.5, 0.6) is 0 Å². The molecular formula is C9H10BrFN2O2. The molecule has 0 amide bonds. The summed E-state index contributed by atoms with van der Waals surface area (Å²) in [5.41, 5.74) is 5.82. The van der Waals surface area contributed by atoms with E-state index in [0.717, 1.165) is 0 Å². The number of hydrogen-bond donors (Lipinski definition) is 2. The van der Waals surface area contributed by atoms with Crippen molar-refractivity contribution in [3.05, 3.63) is 22.4 Å². The summed E-state index contributed by atoms with van der Waals surface area (Å²) >= 11 is 3.00. The fourth-order valence-corrected chi connectivity index (χ4v) is 1.31. The second-order valence-electron chi connectivity index (χ2n) is 2.75. The Morgan fingerprint density at radius 1 is 1.67 bits per heavy atom. The van der Waals surface area contributed by atoms with Gasteiger partial charge in [-0.1, -0.05) is 0 Å². The first kappa shape index (κ1) is 11.8. The normalized spacial score (nSPS) is 9.80. The molecule has 1 aromatic carbocycles. The van der Waals surface area contributed by atoms with Gasteiger partial charge >= 0.3 is 5.97 Å². The quantitative estimate of drug-likeness (QED) is 0.652. The predicted molar refractivity (Wildman–Crippen MR) is 59.0 cm³/mol. The molecule has 0 aliphatic carbocycles. The number of halogens is 2. The number of ether oxygens (including phenoxy) is 1. The van der Waals surface area contributed by atoms with Crippen molar-refractivity contribution in [2.24, 2.45) is 0 Å². The average Bonchev–Trinajstić information content (AvgIpc) is 2.24. The number of esters is 1. The van der Waals surface area contributed by atoms with E-state index in [0.29, 0.717) is 5.69 Å². The average molecular weight is 277 g/mol. The Morgan fingerprint density at radius 3 is 2.93 bits per heavy atom. The van der Waals surface area contributed by atoms with Crippen LogP contribution >= 0.6 is 15.9 Å². The molecule has 0 aliphatic heterocycles. The van der Waals surface area contributed by atoms with Crippen LogP contribution in [0, 0.1) is 5.82 Å². The lowest BCUT2D eigenvalue weighted by molar-refractivity contribution is -0.138. The van der Waals surface area contributed by atoms with Gasteiger partial charge in [0.15, 0.2) is 5.82 Å². The van der Waals surface area contributed by atoms with Crippen molar-refractivity contribution >= 4 is 33.3 Å². The highest BCUT2D eigenvalue weighted by molar-refractivity contribution is 9.10. The van der Waals surface area contributed by atoms with E-state index in [9.17, 15) is 9.18 Å². The Balaban J connectivity index is 2.78. The van der Waals surface area contributed by atoms with E-state index in [1.165, 1.54) is 13.2 Å². The van der Waals surface area contributed by atoms with Crippen molar-refractivity contribution in [1.82, 2.24) is 0 Å². The zero-order chi connectivity index (χ0) is 11.4. The monoisotopic (exact) mass is 276 g/mol. The van der Waals surface area contributed by atoms with Crippen LogP contribution < -0.4 is 11.1 Å². The SMILES string of the molecule is COC(=O)CNc1ccc(Br)c(F)c1N. The largest absolute Gasteiger partial charge is 0.468 e. The number of benzene rings is 1. The van der Waals surface area contributed by atoms with Crippen molar-refractivity contribution in [1.29, 1.82) is 0 Å². The molecule has 82 valence electrons. The summed E-state index contributed by atoms with van der Waals surface area (Å²) in [5, 5.41) is 2.67. The first-order valence-electron chi connectivity index (χ1n) is 4.10. The maximum Gasteiger partial charge on any atom is 0.325 e. The fourth-order valence-electron chi connectivity index (χ4n) is 0.960. The summed E-state index contributed by atoms with van der Waals surface area (Å²) in [6, 6.07) is 3.08. The molecule has 0 saturated heterocycles. The Labute approximate surface area is 94.7 Å². The molecule has 0 atom stereocenters. The van der Waals surface area contributed by atoms with Gasteiger partial charge in [0.1, 0.15) is 6.54 Å². The maximum absolute atomic E-state index is 13.3. The van der Waals surface area contributed by atoms with Gasteiger partial charge in [-0.3, -0.25) is 4.79 Å². The number of rotatable bonds is 3. The summed E-state index contributed by atoms with van der Waals surface area (Å²) in [5.74, 6) is -0.998. The van der Waals surface area contributed by atoms with E-state index in [4.69, 9.17) is 5.73 Å². The lowest BCUT2D eigenvalue weighted by Gasteiger charge is -2.09. The lowest BCUT2D eigenvalue weighted by atomic mass is 10.2. The highest BCUT2D eigenvalue weighted by Crippen LogP contribution is 2.27. The Hall–Kier alpha value is -1.30. The van der Waals surface area contributed by atoms with Gasteiger partial charge in [-0.15, -0.1) is 0 Å². The van der Waals surface area contributed by atoms with Crippen molar-refractivity contribution in [3.63, 3.8) is 0 Å². The van der Waals surface area contributed by atoms with Gasteiger partial charge in [-0.25, -0.2) is 4.39 Å². The number of nitrogens with two attached hydrogens (primary N) is 1. The van der Waals surface area contributed by atoms with Gasteiger partial charge in [0.2, 0.25) is 0 Å². The fraction of sp³-hybridized carbons (Fsp3) is 0.222. The molecule has 0 aromatic heterocycles. The number of nitrogen functional groups attached to an aromatic ring is 1. The molecule has 3 N–H and O–H groups in total. The van der Waals surface area contributed by atoms with Crippen molar-refractivity contribution in [3.8, 4) is 0 Å². The minimum Gasteiger partial charge on any atom is -0.468 e. The van der Waals surface area contributed by atoms with Gasteiger partial charge in [-0.2, -0.15) is 0 Å². The molecule has 0 saturated carbocycles. The molecule has 0 heterocycles. The highest BCUT2D eigenvalue weighted by atomic mass is 79.9. The second-order valence-corrected chi connectivity index (χ2v) is 3.61. The van der Waals surface area contributed by atoms with E-state index in [1.807, 2.05) is 0 Å². The molecule has 6 heteroatoms. The number of hydrogen-bond acceptors (Lipinski definition) is 4.